The lowest BCUT2D eigenvalue weighted by molar-refractivity contribution is -0.118. The Kier molecular flexibility index (Phi) is 10.9. The summed E-state index contributed by atoms with van der Waals surface area (Å²) in [5, 5.41) is 23.8. The van der Waals surface area contributed by atoms with Crippen molar-refractivity contribution < 1.29 is 9.90 Å². The SMILES string of the molecule is C=N.Cc1ccc(-c2ccc(C3(CN4CCSC(C)(CO)CC4=N)CC3)cc2)nc1.O=CN1CCCCC1. The molecule has 0 bridgehead atoms. The van der Waals surface area contributed by atoms with Crippen LogP contribution in [0.25, 0.3) is 11.3 Å². The smallest absolute Gasteiger partial charge is 0.209 e. The van der Waals surface area contributed by atoms with Crippen LogP contribution in [-0.2, 0) is 10.2 Å². The summed E-state index contributed by atoms with van der Waals surface area (Å²) >= 11 is 1.80. The van der Waals surface area contributed by atoms with E-state index in [-0.39, 0.29) is 16.8 Å². The van der Waals surface area contributed by atoms with Crippen molar-refractivity contribution >= 4 is 30.7 Å². The second-order valence-electron chi connectivity index (χ2n) is 10.8. The van der Waals surface area contributed by atoms with E-state index < -0.39 is 0 Å². The van der Waals surface area contributed by atoms with Crippen molar-refractivity contribution in [2.75, 3.05) is 38.5 Å². The fourth-order valence-corrected chi connectivity index (χ4v) is 6.18. The third-order valence-corrected chi connectivity index (χ3v) is 9.02. The molecular formula is C30H43N5O2S. The van der Waals surface area contributed by atoms with E-state index in [2.05, 4.69) is 66.8 Å². The molecule has 2 aromatic rings. The van der Waals surface area contributed by atoms with E-state index in [0.717, 1.165) is 49.6 Å². The molecule has 2 saturated heterocycles. The minimum absolute atomic E-state index is 0.132. The van der Waals surface area contributed by atoms with Crippen LogP contribution in [0.3, 0.4) is 0 Å². The monoisotopic (exact) mass is 537 g/mol. The standard InChI is InChI=1S/C23H29N3OS.C6H11NO.CH3N/c1-17-3-8-20(25-14-17)18-4-6-19(7-5-18)23(9-10-23)15-26-11-12-28-22(2,16-27)13-21(26)24;8-6-7-4-2-1-3-5-7;1-2/h3-8,14,24,27H,9-13,15-16H2,1-2H3;6H,1-5H2;2H,1H2. The first kappa shape index (κ1) is 29.8. The average molecular weight is 538 g/mol. The van der Waals surface area contributed by atoms with E-state index in [1.165, 1.54) is 43.2 Å². The van der Waals surface area contributed by atoms with E-state index in [4.69, 9.17) is 10.8 Å². The van der Waals surface area contributed by atoms with Gasteiger partial charge < -0.3 is 20.3 Å². The highest BCUT2D eigenvalue weighted by Crippen LogP contribution is 2.49. The van der Waals surface area contributed by atoms with Crippen molar-refractivity contribution in [3.8, 4) is 11.3 Å². The molecule has 3 N–H and O–H groups in total. The van der Waals surface area contributed by atoms with Gasteiger partial charge in [0.25, 0.3) is 0 Å². The maximum Gasteiger partial charge on any atom is 0.209 e. The third-order valence-electron chi connectivity index (χ3n) is 7.66. The first-order valence-electron chi connectivity index (χ1n) is 13.5. The van der Waals surface area contributed by atoms with Gasteiger partial charge in [0.1, 0.15) is 0 Å². The molecule has 1 saturated carbocycles. The van der Waals surface area contributed by atoms with Gasteiger partial charge in [0.15, 0.2) is 0 Å². The highest BCUT2D eigenvalue weighted by molar-refractivity contribution is 8.00. The van der Waals surface area contributed by atoms with Crippen LogP contribution < -0.4 is 0 Å². The zero-order valence-corrected chi connectivity index (χ0v) is 23.7. The number of thioether (sulfide) groups is 1. The van der Waals surface area contributed by atoms with Gasteiger partial charge in [-0.1, -0.05) is 30.3 Å². The molecule has 1 unspecified atom stereocenters. The predicted octanol–water partition coefficient (Wildman–Crippen LogP) is 5.15. The first-order valence-corrected chi connectivity index (χ1v) is 14.5. The summed E-state index contributed by atoms with van der Waals surface area (Å²) in [6, 6.07) is 13.0. The van der Waals surface area contributed by atoms with Gasteiger partial charge in [-0.05, 0) is 69.9 Å². The summed E-state index contributed by atoms with van der Waals surface area (Å²) in [5.41, 5.74) is 4.88. The van der Waals surface area contributed by atoms with Crippen LogP contribution in [0.5, 0.6) is 0 Å². The molecule has 3 aliphatic rings. The number of piperidine rings is 1. The fourth-order valence-electron chi connectivity index (χ4n) is 5.04. The Labute approximate surface area is 232 Å². The van der Waals surface area contributed by atoms with Crippen molar-refractivity contribution in [3.63, 3.8) is 0 Å². The molecule has 38 heavy (non-hydrogen) atoms. The first-order chi connectivity index (χ1) is 18.4. The number of aromatic nitrogens is 1. The van der Waals surface area contributed by atoms with Gasteiger partial charge in [-0.3, -0.25) is 15.2 Å². The summed E-state index contributed by atoms with van der Waals surface area (Å²) < 4.78 is -0.217. The van der Waals surface area contributed by atoms with E-state index >= 15 is 0 Å². The number of likely N-dealkylation sites (tertiary alicyclic amines) is 1. The van der Waals surface area contributed by atoms with Crippen molar-refractivity contribution in [3.05, 3.63) is 53.7 Å². The third kappa shape index (κ3) is 7.90. The van der Waals surface area contributed by atoms with Crippen molar-refractivity contribution in [1.82, 2.24) is 14.8 Å². The number of pyridine rings is 1. The molecule has 1 aromatic carbocycles. The summed E-state index contributed by atoms with van der Waals surface area (Å²) in [4.78, 5) is 18.7. The van der Waals surface area contributed by atoms with Crippen LogP contribution in [0, 0.1) is 17.7 Å². The van der Waals surface area contributed by atoms with E-state index in [0.29, 0.717) is 12.3 Å². The molecule has 206 valence electrons. The number of rotatable bonds is 6. The van der Waals surface area contributed by atoms with Gasteiger partial charge in [-0.15, -0.1) is 0 Å². The lowest BCUT2D eigenvalue weighted by Crippen LogP contribution is -2.39. The highest BCUT2D eigenvalue weighted by Gasteiger charge is 2.46. The van der Waals surface area contributed by atoms with Crippen molar-refractivity contribution in [2.24, 2.45) is 0 Å². The minimum atomic E-state index is -0.217. The van der Waals surface area contributed by atoms with Gasteiger partial charge in [0, 0.05) is 60.3 Å². The maximum absolute atomic E-state index is 10.1. The molecule has 1 aromatic heterocycles. The second-order valence-corrected chi connectivity index (χ2v) is 12.5. The topological polar surface area (TPSA) is 104 Å². The number of amides is 1. The van der Waals surface area contributed by atoms with Crippen LogP contribution in [-0.4, -0.2) is 82.1 Å². The molecule has 7 nitrogen and oxygen atoms in total. The zero-order valence-electron chi connectivity index (χ0n) is 22.9. The molecular weight excluding hydrogens is 494 g/mol. The Morgan fingerprint density at radius 2 is 1.76 bits per heavy atom. The summed E-state index contributed by atoms with van der Waals surface area (Å²) in [6.07, 6.45) is 9.55. The number of carbonyl (C=O) groups is 1. The Morgan fingerprint density at radius 1 is 1.08 bits per heavy atom. The summed E-state index contributed by atoms with van der Waals surface area (Å²) in [5.74, 6) is 1.64. The molecule has 3 fully saturated rings. The van der Waals surface area contributed by atoms with Crippen LogP contribution in [0.2, 0.25) is 0 Å². The molecule has 1 amide bonds. The van der Waals surface area contributed by atoms with E-state index in [1.807, 2.05) is 11.1 Å². The number of hydrogen-bond donors (Lipinski definition) is 3. The number of carbonyl (C=O) groups excluding carboxylic acids is 1. The maximum atomic E-state index is 10.1. The van der Waals surface area contributed by atoms with Crippen LogP contribution in [0.15, 0.2) is 42.6 Å². The highest BCUT2D eigenvalue weighted by atomic mass is 32.2. The lowest BCUT2D eigenvalue weighted by atomic mass is 9.93. The molecule has 3 heterocycles. The van der Waals surface area contributed by atoms with Crippen molar-refractivity contribution in [1.29, 1.82) is 10.8 Å². The molecule has 5 rings (SSSR count). The molecule has 8 heteroatoms. The Bertz CT molecular complexity index is 1040. The van der Waals surface area contributed by atoms with E-state index in [9.17, 15) is 9.90 Å². The number of nitrogens with one attached hydrogen (secondary N) is 2. The number of amidine groups is 1. The normalized spacial score (nSPS) is 22.2. The second kappa shape index (κ2) is 13.9. The van der Waals surface area contributed by atoms with E-state index in [1.54, 1.807) is 11.8 Å². The number of hydrogen-bond acceptors (Lipinski definition) is 6. The number of benzene rings is 1. The van der Waals surface area contributed by atoms with Crippen LogP contribution in [0.4, 0.5) is 0 Å². The van der Waals surface area contributed by atoms with Crippen molar-refractivity contribution in [2.45, 2.75) is 62.5 Å². The lowest BCUT2D eigenvalue weighted by Gasteiger charge is -2.30. The van der Waals surface area contributed by atoms with Crippen LogP contribution >= 0.6 is 11.8 Å². The van der Waals surface area contributed by atoms with Gasteiger partial charge in [0.2, 0.25) is 6.41 Å². The Morgan fingerprint density at radius 3 is 2.29 bits per heavy atom. The van der Waals surface area contributed by atoms with Gasteiger partial charge in [-0.2, -0.15) is 11.8 Å². The molecule has 1 aliphatic carbocycles. The summed E-state index contributed by atoms with van der Waals surface area (Å²) in [7, 11) is 0. The molecule has 2 aliphatic heterocycles. The number of aliphatic hydroxyl groups excluding tert-OH is 1. The summed E-state index contributed by atoms with van der Waals surface area (Å²) in [6.45, 7) is 10.5. The minimum Gasteiger partial charge on any atom is -0.395 e. The zero-order chi connectivity index (χ0) is 27.6. The quantitative estimate of drug-likeness (QED) is 0.349. The predicted molar refractivity (Wildman–Crippen MR) is 159 cm³/mol. The number of aliphatic hydroxyl groups is 1. The van der Waals surface area contributed by atoms with Gasteiger partial charge >= 0.3 is 0 Å². The fraction of sp³-hybridized carbons (Fsp3) is 0.533. The number of nitrogens with zero attached hydrogens (tertiary/aromatic N) is 3. The number of aryl methyl sites for hydroxylation is 1. The Hall–Kier alpha value is -2.71. The Balaban J connectivity index is 0.000000339. The molecule has 0 radical (unpaired) electrons. The molecule has 0 spiro atoms. The average Bonchev–Trinajstić information content (AvgIpc) is 3.77. The van der Waals surface area contributed by atoms with Crippen LogP contribution in [0.1, 0.15) is 56.6 Å². The van der Waals surface area contributed by atoms with Gasteiger partial charge in [-0.25, -0.2) is 0 Å². The molecule has 1 atom stereocenters. The largest absolute Gasteiger partial charge is 0.395 e. The van der Waals surface area contributed by atoms with Gasteiger partial charge in [0.05, 0.1) is 18.1 Å².